The summed E-state index contributed by atoms with van der Waals surface area (Å²) in [6, 6.07) is 0. The summed E-state index contributed by atoms with van der Waals surface area (Å²) in [5.74, 6) is 1.83. The molecule has 1 aliphatic heterocycles. The molecule has 0 aromatic rings. The van der Waals surface area contributed by atoms with Crippen LogP contribution in [0.2, 0.25) is 0 Å². The molecule has 1 aliphatic rings. The quantitative estimate of drug-likeness (QED) is 0.554. The molecule has 1 rings (SSSR count). The molecule has 0 amide bonds. The zero-order valence-corrected chi connectivity index (χ0v) is 6.02. The highest BCUT2D eigenvalue weighted by atomic mass is 16.5. The zero-order valence-electron chi connectivity index (χ0n) is 6.02. The van der Waals surface area contributed by atoms with Crippen molar-refractivity contribution in [1.82, 2.24) is 5.32 Å². The summed E-state index contributed by atoms with van der Waals surface area (Å²) in [5, 5.41) is 2.91. The van der Waals surface area contributed by atoms with Gasteiger partial charge in [0.1, 0.15) is 17.7 Å². The Bertz CT molecular complexity index is 161. The Morgan fingerprint density at radius 1 is 1.90 bits per heavy atom. The van der Waals surface area contributed by atoms with E-state index in [-0.39, 0.29) is 6.10 Å². The van der Waals surface area contributed by atoms with E-state index in [9.17, 15) is 4.79 Å². The number of nitrogens with one attached hydrogen (secondary N) is 1. The second-order valence-electron chi connectivity index (χ2n) is 2.18. The van der Waals surface area contributed by atoms with Crippen molar-refractivity contribution >= 4 is 5.94 Å². The summed E-state index contributed by atoms with van der Waals surface area (Å²) in [6.07, 6.45) is 0.862. The lowest BCUT2D eigenvalue weighted by atomic mass is 10.3. The Kier molecular flexibility index (Phi) is 2.49. The van der Waals surface area contributed by atoms with E-state index >= 15 is 0 Å². The van der Waals surface area contributed by atoms with Gasteiger partial charge in [0, 0.05) is 13.2 Å². The van der Waals surface area contributed by atoms with Gasteiger partial charge in [-0.1, -0.05) is 0 Å². The summed E-state index contributed by atoms with van der Waals surface area (Å²) in [7, 11) is 0. The van der Waals surface area contributed by atoms with E-state index in [1.807, 2.05) is 12.9 Å². The normalized spacial score (nSPS) is 24.1. The summed E-state index contributed by atoms with van der Waals surface area (Å²) in [4.78, 5) is 10.2. The minimum absolute atomic E-state index is 0.0255. The van der Waals surface area contributed by atoms with Crippen molar-refractivity contribution < 1.29 is 9.53 Å². The van der Waals surface area contributed by atoms with E-state index in [4.69, 9.17) is 4.74 Å². The molecule has 10 heavy (non-hydrogen) atoms. The average Bonchev–Trinajstić information content (AvgIpc) is 2.36. The Labute approximate surface area is 60.1 Å². The third-order valence-corrected chi connectivity index (χ3v) is 1.52. The zero-order chi connectivity index (χ0) is 7.40. The first-order valence-corrected chi connectivity index (χ1v) is 3.49. The third kappa shape index (κ3) is 1.38. The molecular weight excluding hydrogens is 130 g/mol. The van der Waals surface area contributed by atoms with Crippen molar-refractivity contribution in [2.24, 2.45) is 0 Å². The van der Waals surface area contributed by atoms with Crippen LogP contribution in [0.4, 0.5) is 0 Å². The largest absolute Gasteiger partial charge is 0.377 e. The molecule has 0 spiro atoms. The molecule has 3 nitrogen and oxygen atoms in total. The topological polar surface area (TPSA) is 38.3 Å². The summed E-state index contributed by atoms with van der Waals surface area (Å²) in [5.41, 5.74) is 0.571. The highest BCUT2D eigenvalue weighted by Crippen LogP contribution is 2.11. The van der Waals surface area contributed by atoms with Crippen LogP contribution in [0.5, 0.6) is 0 Å². The standard InChI is InChI=1S/C7H11NO2/c1-2-10-7-3-4-8-6(7)5-9/h7-8H,2-4H2,1H3. The highest BCUT2D eigenvalue weighted by molar-refractivity contribution is 5.54. The molecule has 0 aliphatic carbocycles. The summed E-state index contributed by atoms with van der Waals surface area (Å²) in [6.45, 7) is 3.40. The maximum absolute atomic E-state index is 10.2. The fourth-order valence-electron chi connectivity index (χ4n) is 1.07. The van der Waals surface area contributed by atoms with E-state index in [1.165, 1.54) is 0 Å². The van der Waals surface area contributed by atoms with Gasteiger partial charge in [-0.15, -0.1) is 0 Å². The molecule has 56 valence electrons. The predicted octanol–water partition coefficient (Wildman–Crippen LogP) is 0.100. The van der Waals surface area contributed by atoms with Gasteiger partial charge in [0.15, 0.2) is 0 Å². The molecule has 1 N–H and O–H groups in total. The van der Waals surface area contributed by atoms with E-state index in [2.05, 4.69) is 5.32 Å². The summed E-state index contributed by atoms with van der Waals surface area (Å²) < 4.78 is 5.24. The van der Waals surface area contributed by atoms with E-state index in [0.29, 0.717) is 12.3 Å². The van der Waals surface area contributed by atoms with Gasteiger partial charge in [0.2, 0.25) is 0 Å². The van der Waals surface area contributed by atoms with Gasteiger partial charge in [0.05, 0.1) is 0 Å². The van der Waals surface area contributed by atoms with Crippen LogP contribution in [0.3, 0.4) is 0 Å². The first-order chi connectivity index (χ1) is 4.88. The van der Waals surface area contributed by atoms with Crippen LogP contribution in [0.1, 0.15) is 13.3 Å². The van der Waals surface area contributed by atoms with Crippen molar-refractivity contribution in [3.05, 3.63) is 5.70 Å². The van der Waals surface area contributed by atoms with E-state index in [0.717, 1.165) is 13.0 Å². The first kappa shape index (κ1) is 7.32. The molecule has 0 aromatic carbocycles. The second kappa shape index (κ2) is 3.40. The molecule has 1 heterocycles. The Balaban J connectivity index is 2.50. The molecule has 0 radical (unpaired) electrons. The van der Waals surface area contributed by atoms with Crippen LogP contribution in [0.25, 0.3) is 0 Å². The Morgan fingerprint density at radius 3 is 3.30 bits per heavy atom. The van der Waals surface area contributed by atoms with Crippen LogP contribution in [-0.2, 0) is 9.53 Å². The fourth-order valence-corrected chi connectivity index (χ4v) is 1.07. The number of hydrogen-bond acceptors (Lipinski definition) is 3. The van der Waals surface area contributed by atoms with Gasteiger partial charge >= 0.3 is 0 Å². The molecular formula is C7H11NO2. The van der Waals surface area contributed by atoms with Crippen molar-refractivity contribution in [3.63, 3.8) is 0 Å². The van der Waals surface area contributed by atoms with Crippen LogP contribution >= 0.6 is 0 Å². The van der Waals surface area contributed by atoms with Crippen LogP contribution in [-0.4, -0.2) is 25.2 Å². The summed E-state index contributed by atoms with van der Waals surface area (Å²) >= 11 is 0. The molecule has 0 aromatic heterocycles. The molecule has 1 saturated heterocycles. The SMILES string of the molecule is CCOC1CCNC1=C=O. The van der Waals surface area contributed by atoms with E-state index in [1.54, 1.807) is 0 Å². The van der Waals surface area contributed by atoms with Crippen molar-refractivity contribution in [1.29, 1.82) is 0 Å². The predicted molar refractivity (Wildman–Crippen MR) is 37.2 cm³/mol. The number of hydrogen-bond donors (Lipinski definition) is 1. The second-order valence-corrected chi connectivity index (χ2v) is 2.18. The van der Waals surface area contributed by atoms with Crippen molar-refractivity contribution in [2.75, 3.05) is 13.2 Å². The van der Waals surface area contributed by atoms with Crippen LogP contribution < -0.4 is 5.32 Å². The fraction of sp³-hybridized carbons (Fsp3) is 0.714. The maximum Gasteiger partial charge on any atom is 0.148 e. The van der Waals surface area contributed by atoms with Crippen molar-refractivity contribution in [2.45, 2.75) is 19.4 Å². The molecule has 1 fully saturated rings. The van der Waals surface area contributed by atoms with Gasteiger partial charge in [-0.25, -0.2) is 4.79 Å². The number of ether oxygens (including phenoxy) is 1. The van der Waals surface area contributed by atoms with Crippen LogP contribution in [0.15, 0.2) is 5.70 Å². The minimum atomic E-state index is -0.0255. The van der Waals surface area contributed by atoms with Gasteiger partial charge in [-0.2, -0.15) is 0 Å². The van der Waals surface area contributed by atoms with E-state index < -0.39 is 0 Å². The first-order valence-electron chi connectivity index (χ1n) is 3.49. The number of rotatable bonds is 2. The van der Waals surface area contributed by atoms with Gasteiger partial charge in [-0.3, -0.25) is 0 Å². The van der Waals surface area contributed by atoms with Gasteiger partial charge < -0.3 is 10.1 Å². The smallest absolute Gasteiger partial charge is 0.148 e. The lowest BCUT2D eigenvalue weighted by molar-refractivity contribution is 0.0943. The Morgan fingerprint density at radius 2 is 2.70 bits per heavy atom. The third-order valence-electron chi connectivity index (χ3n) is 1.52. The number of carbonyl (C=O) groups excluding carboxylic acids is 1. The molecule has 1 unspecified atom stereocenters. The monoisotopic (exact) mass is 141 g/mol. The Hall–Kier alpha value is -0.790. The van der Waals surface area contributed by atoms with Gasteiger partial charge in [-0.05, 0) is 13.3 Å². The molecule has 0 saturated carbocycles. The molecule has 1 atom stereocenters. The lowest BCUT2D eigenvalue weighted by Crippen LogP contribution is -2.14. The van der Waals surface area contributed by atoms with Crippen molar-refractivity contribution in [3.8, 4) is 0 Å². The molecule has 3 heteroatoms. The average molecular weight is 141 g/mol. The van der Waals surface area contributed by atoms with Gasteiger partial charge in [0.25, 0.3) is 0 Å². The molecule has 0 bridgehead atoms. The minimum Gasteiger partial charge on any atom is -0.377 e. The highest BCUT2D eigenvalue weighted by Gasteiger charge is 2.21. The maximum atomic E-state index is 10.2. The van der Waals surface area contributed by atoms with Crippen LogP contribution in [0, 0.1) is 0 Å². The lowest BCUT2D eigenvalue weighted by Gasteiger charge is -2.06.